The Balaban J connectivity index is 2.72. The molecule has 0 radical (unpaired) electrons. The fourth-order valence-corrected chi connectivity index (χ4v) is 2.95. The second-order valence-corrected chi connectivity index (χ2v) is 5.07. The van der Waals surface area contributed by atoms with Gasteiger partial charge in [0.25, 0.3) is 0 Å². The van der Waals surface area contributed by atoms with E-state index in [2.05, 4.69) is 5.32 Å². The number of hydrogen-bond acceptors (Lipinski definition) is 3. The van der Waals surface area contributed by atoms with Gasteiger partial charge in [0.05, 0.1) is 5.25 Å². The van der Waals surface area contributed by atoms with E-state index in [9.17, 15) is 8.42 Å². The molecule has 0 amide bonds. The summed E-state index contributed by atoms with van der Waals surface area (Å²) in [5.74, 6) is 0.237. The standard InChI is InChI=1S/C7H16N2O2S/c1-2-6-3-4-9-5-7(6)12(8,10)11/h6-7,9H,2-5H2,1H3,(H2,8,10,11). The Morgan fingerprint density at radius 3 is 2.67 bits per heavy atom. The summed E-state index contributed by atoms with van der Waals surface area (Å²) in [6.07, 6.45) is 1.81. The van der Waals surface area contributed by atoms with Crippen molar-refractivity contribution in [1.82, 2.24) is 5.32 Å². The molecule has 0 aromatic carbocycles. The Labute approximate surface area is 73.6 Å². The highest BCUT2D eigenvalue weighted by atomic mass is 32.2. The first kappa shape index (κ1) is 9.95. The molecule has 1 saturated heterocycles. The van der Waals surface area contributed by atoms with Crippen LogP contribution >= 0.6 is 0 Å². The quantitative estimate of drug-likeness (QED) is 0.629. The van der Waals surface area contributed by atoms with Crippen molar-refractivity contribution in [3.63, 3.8) is 0 Å². The lowest BCUT2D eigenvalue weighted by Gasteiger charge is -2.29. The van der Waals surface area contributed by atoms with Gasteiger partial charge in [0.1, 0.15) is 0 Å². The zero-order valence-corrected chi connectivity index (χ0v) is 8.10. The zero-order valence-electron chi connectivity index (χ0n) is 7.29. The van der Waals surface area contributed by atoms with E-state index < -0.39 is 10.0 Å². The van der Waals surface area contributed by atoms with E-state index in [1.54, 1.807) is 0 Å². The van der Waals surface area contributed by atoms with Crippen molar-refractivity contribution in [3.05, 3.63) is 0 Å². The van der Waals surface area contributed by atoms with Crippen LogP contribution < -0.4 is 10.5 Å². The lowest BCUT2D eigenvalue weighted by molar-refractivity contribution is 0.363. The minimum atomic E-state index is -3.35. The van der Waals surface area contributed by atoms with Gasteiger partial charge in [0, 0.05) is 6.54 Å². The average Bonchev–Trinajstić information content (AvgIpc) is 2.03. The maximum absolute atomic E-state index is 11.1. The first-order chi connectivity index (χ1) is 5.55. The third-order valence-electron chi connectivity index (χ3n) is 2.51. The number of sulfonamides is 1. The van der Waals surface area contributed by atoms with Crippen LogP contribution in [0.2, 0.25) is 0 Å². The van der Waals surface area contributed by atoms with E-state index >= 15 is 0 Å². The molecular formula is C7H16N2O2S. The van der Waals surface area contributed by atoms with Gasteiger partial charge in [-0.2, -0.15) is 0 Å². The Hall–Kier alpha value is -0.130. The summed E-state index contributed by atoms with van der Waals surface area (Å²) in [5, 5.41) is 7.78. The lowest BCUT2D eigenvalue weighted by atomic mass is 9.95. The van der Waals surface area contributed by atoms with Gasteiger partial charge in [-0.15, -0.1) is 0 Å². The molecule has 72 valence electrons. The van der Waals surface area contributed by atoms with Crippen LogP contribution in [0.1, 0.15) is 19.8 Å². The van der Waals surface area contributed by atoms with Crippen LogP contribution in [0.4, 0.5) is 0 Å². The van der Waals surface area contributed by atoms with Crippen LogP contribution in [-0.2, 0) is 10.0 Å². The zero-order chi connectivity index (χ0) is 9.19. The SMILES string of the molecule is CCC1CCNCC1S(N)(=O)=O. The van der Waals surface area contributed by atoms with Gasteiger partial charge in [-0.05, 0) is 18.9 Å². The van der Waals surface area contributed by atoms with Crippen LogP contribution in [0.15, 0.2) is 0 Å². The van der Waals surface area contributed by atoms with Gasteiger partial charge >= 0.3 is 0 Å². The summed E-state index contributed by atoms with van der Waals surface area (Å²) >= 11 is 0. The molecule has 12 heavy (non-hydrogen) atoms. The highest BCUT2D eigenvalue weighted by Crippen LogP contribution is 2.20. The largest absolute Gasteiger partial charge is 0.315 e. The average molecular weight is 192 g/mol. The summed E-state index contributed by atoms with van der Waals surface area (Å²) in [6.45, 7) is 3.43. The van der Waals surface area contributed by atoms with Crippen molar-refractivity contribution < 1.29 is 8.42 Å². The maximum atomic E-state index is 11.1. The van der Waals surface area contributed by atoms with Crippen molar-refractivity contribution in [2.24, 2.45) is 11.1 Å². The Bertz CT molecular complexity index is 238. The number of nitrogens with two attached hydrogens (primary N) is 1. The molecule has 1 aliphatic heterocycles. The first-order valence-corrected chi connectivity index (χ1v) is 5.89. The van der Waals surface area contributed by atoms with E-state index in [4.69, 9.17) is 5.14 Å². The molecule has 2 unspecified atom stereocenters. The summed E-state index contributed by atoms with van der Waals surface area (Å²) < 4.78 is 22.2. The van der Waals surface area contributed by atoms with Gasteiger partial charge in [-0.1, -0.05) is 13.3 Å². The van der Waals surface area contributed by atoms with Crippen molar-refractivity contribution >= 4 is 10.0 Å². The number of hydrogen-bond donors (Lipinski definition) is 2. The predicted molar refractivity (Wildman–Crippen MR) is 48.2 cm³/mol. The Morgan fingerprint density at radius 1 is 1.58 bits per heavy atom. The topological polar surface area (TPSA) is 72.2 Å². The molecule has 0 aromatic rings. The van der Waals surface area contributed by atoms with E-state index in [1.165, 1.54) is 0 Å². The van der Waals surface area contributed by atoms with Crippen molar-refractivity contribution in [2.75, 3.05) is 13.1 Å². The van der Waals surface area contributed by atoms with Gasteiger partial charge < -0.3 is 5.32 Å². The fourth-order valence-electron chi connectivity index (χ4n) is 1.74. The third-order valence-corrected chi connectivity index (χ3v) is 3.91. The van der Waals surface area contributed by atoms with E-state index in [-0.39, 0.29) is 11.2 Å². The summed E-state index contributed by atoms with van der Waals surface area (Å²) in [4.78, 5) is 0. The number of piperidine rings is 1. The highest BCUT2D eigenvalue weighted by Gasteiger charge is 2.31. The molecule has 0 aliphatic carbocycles. The summed E-state index contributed by atoms with van der Waals surface area (Å²) in [6, 6.07) is 0. The fraction of sp³-hybridized carbons (Fsp3) is 1.00. The lowest BCUT2D eigenvalue weighted by Crippen LogP contribution is -2.47. The molecule has 0 bridgehead atoms. The van der Waals surface area contributed by atoms with Gasteiger partial charge in [-0.3, -0.25) is 0 Å². The highest BCUT2D eigenvalue weighted by molar-refractivity contribution is 7.89. The maximum Gasteiger partial charge on any atom is 0.213 e. The molecule has 1 rings (SSSR count). The van der Waals surface area contributed by atoms with Crippen LogP contribution in [0.5, 0.6) is 0 Å². The van der Waals surface area contributed by atoms with Crippen LogP contribution in [-0.4, -0.2) is 26.8 Å². The Morgan fingerprint density at radius 2 is 2.25 bits per heavy atom. The number of primary sulfonamides is 1. The van der Waals surface area contributed by atoms with Crippen LogP contribution in [0.25, 0.3) is 0 Å². The molecule has 5 heteroatoms. The molecular weight excluding hydrogens is 176 g/mol. The number of rotatable bonds is 2. The monoisotopic (exact) mass is 192 g/mol. The second kappa shape index (κ2) is 3.72. The molecule has 2 atom stereocenters. The van der Waals surface area contributed by atoms with E-state index in [0.29, 0.717) is 6.54 Å². The smallest absolute Gasteiger partial charge is 0.213 e. The molecule has 4 nitrogen and oxygen atoms in total. The number of nitrogens with one attached hydrogen (secondary N) is 1. The van der Waals surface area contributed by atoms with Crippen LogP contribution in [0.3, 0.4) is 0 Å². The second-order valence-electron chi connectivity index (χ2n) is 3.29. The van der Waals surface area contributed by atoms with Gasteiger partial charge in [0.15, 0.2) is 0 Å². The minimum absolute atomic E-state index is 0.237. The van der Waals surface area contributed by atoms with Crippen molar-refractivity contribution in [1.29, 1.82) is 0 Å². The van der Waals surface area contributed by atoms with Crippen molar-refractivity contribution in [2.45, 2.75) is 25.0 Å². The molecule has 1 aliphatic rings. The normalized spacial score (nSPS) is 31.8. The molecule has 0 aromatic heterocycles. The summed E-state index contributed by atoms with van der Waals surface area (Å²) in [7, 11) is -3.35. The van der Waals surface area contributed by atoms with Gasteiger partial charge in [0.2, 0.25) is 10.0 Å². The van der Waals surface area contributed by atoms with E-state index in [1.807, 2.05) is 6.92 Å². The molecule has 0 saturated carbocycles. The molecule has 0 spiro atoms. The predicted octanol–water partition coefficient (Wildman–Crippen LogP) is -0.337. The van der Waals surface area contributed by atoms with Crippen LogP contribution in [0, 0.1) is 5.92 Å². The first-order valence-electron chi connectivity index (χ1n) is 4.28. The van der Waals surface area contributed by atoms with Crippen molar-refractivity contribution in [3.8, 4) is 0 Å². The summed E-state index contributed by atoms with van der Waals surface area (Å²) in [5.41, 5.74) is 0. The van der Waals surface area contributed by atoms with E-state index in [0.717, 1.165) is 19.4 Å². The molecule has 3 N–H and O–H groups in total. The van der Waals surface area contributed by atoms with Gasteiger partial charge in [-0.25, -0.2) is 13.6 Å². The molecule has 1 heterocycles. The third kappa shape index (κ3) is 2.18. The molecule has 1 fully saturated rings. The Kier molecular flexibility index (Phi) is 3.09. The minimum Gasteiger partial charge on any atom is -0.315 e.